The van der Waals surface area contributed by atoms with Crippen molar-refractivity contribution in [2.75, 3.05) is 0 Å². The van der Waals surface area contributed by atoms with E-state index in [1.807, 2.05) is 0 Å². The normalized spacial score (nSPS) is 13.5. The van der Waals surface area contributed by atoms with E-state index >= 15 is 0 Å². The minimum Gasteiger partial charge on any atom is -0.449 e. The molecule has 336 valence electrons. The molecule has 0 N–H and O–H groups in total. The van der Waals surface area contributed by atoms with Gasteiger partial charge in [0.15, 0.2) is 0 Å². The molecule has 2 nitrogen and oxygen atoms in total. The molecule has 0 aliphatic carbocycles. The fraction of sp³-hybridized carbons (Fsp3) is 0.200. The van der Waals surface area contributed by atoms with Gasteiger partial charge in [0.05, 0.1) is 0 Å². The van der Waals surface area contributed by atoms with Crippen molar-refractivity contribution in [1.82, 2.24) is 0 Å². The first-order valence-electron chi connectivity index (χ1n) is 23.5. The lowest BCUT2D eigenvalue weighted by atomic mass is 10.1. The third-order valence-electron chi connectivity index (χ3n) is 13.4. The molecule has 0 saturated carbocycles. The highest BCUT2D eigenvalue weighted by molar-refractivity contribution is 7.08. The molecule has 0 aliphatic heterocycles. The van der Waals surface area contributed by atoms with Crippen LogP contribution < -0.4 is 31.1 Å². The molecule has 0 aliphatic rings. The largest absolute Gasteiger partial charge is 0.449 e. The molecule has 2 unspecified atom stereocenters. The lowest BCUT2D eigenvalue weighted by molar-refractivity contribution is 0.566. The summed E-state index contributed by atoms with van der Waals surface area (Å²) in [6.45, 7) is 22.4. The van der Waals surface area contributed by atoms with Crippen molar-refractivity contribution in [2.24, 2.45) is 0 Å². The Labute approximate surface area is 400 Å². The van der Waals surface area contributed by atoms with Crippen molar-refractivity contribution in [1.29, 1.82) is 0 Å². The van der Waals surface area contributed by atoms with Crippen molar-refractivity contribution < 1.29 is 8.23 Å². The van der Waals surface area contributed by atoms with E-state index in [9.17, 15) is 0 Å². The van der Waals surface area contributed by atoms with Crippen molar-refractivity contribution in [3.8, 4) is 0 Å². The first-order chi connectivity index (χ1) is 31.6. The molecule has 2 atom stereocenters. The van der Waals surface area contributed by atoms with Gasteiger partial charge in [-0.2, -0.15) is 0 Å². The fourth-order valence-electron chi connectivity index (χ4n) is 9.16. The summed E-state index contributed by atoms with van der Waals surface area (Å²) in [6.07, 6.45) is 0. The molecule has 0 fully saturated rings. The van der Waals surface area contributed by atoms with Crippen LogP contribution in [0.15, 0.2) is 206 Å². The SMILES string of the molecule is Cc1ccc([Si](C)(C)O[Si](C)(C)c2ccc(C)c(C)c2)cc1C.Cc1ccc([Si](Cc2ccccc2)(O[Si](Cc2ccccc2)(c2ccccc2)c2ccc(C)cc2)c2ccccc2)cc1. The van der Waals surface area contributed by atoms with E-state index in [1.165, 1.54) is 75.6 Å². The van der Waals surface area contributed by atoms with Crippen LogP contribution in [0.2, 0.25) is 26.2 Å². The van der Waals surface area contributed by atoms with Gasteiger partial charge in [-0.05, 0) is 144 Å². The molecule has 0 bridgehead atoms. The van der Waals surface area contributed by atoms with E-state index in [2.05, 4.69) is 274 Å². The van der Waals surface area contributed by atoms with Gasteiger partial charge in [0.2, 0.25) is 33.3 Å². The van der Waals surface area contributed by atoms with Crippen LogP contribution in [-0.2, 0) is 20.3 Å². The van der Waals surface area contributed by atoms with Gasteiger partial charge in [-0.3, -0.25) is 0 Å². The van der Waals surface area contributed by atoms with Gasteiger partial charge in [0.1, 0.15) is 0 Å². The second-order valence-electron chi connectivity index (χ2n) is 19.3. The summed E-state index contributed by atoms with van der Waals surface area (Å²) in [6, 6.07) is 77.7. The van der Waals surface area contributed by atoms with Crippen molar-refractivity contribution in [3.05, 3.63) is 251 Å². The molecular formula is C60H68O2Si4. The predicted octanol–water partition coefficient (Wildman–Crippen LogP) is 11.2. The summed E-state index contributed by atoms with van der Waals surface area (Å²) in [5, 5.41) is 8.00. The van der Waals surface area contributed by atoms with Crippen LogP contribution in [0.4, 0.5) is 0 Å². The van der Waals surface area contributed by atoms with Crippen molar-refractivity contribution in [3.63, 3.8) is 0 Å². The number of hydrogen-bond donors (Lipinski definition) is 0. The van der Waals surface area contributed by atoms with E-state index < -0.39 is 33.3 Å². The van der Waals surface area contributed by atoms with Crippen LogP contribution in [-0.4, -0.2) is 33.3 Å². The second-order valence-corrected chi connectivity index (χ2v) is 34.4. The Morgan fingerprint density at radius 1 is 0.288 bits per heavy atom. The summed E-state index contributed by atoms with van der Waals surface area (Å²) in [5.41, 5.74) is 10.5. The summed E-state index contributed by atoms with van der Waals surface area (Å²) in [7, 11) is -9.68. The van der Waals surface area contributed by atoms with Gasteiger partial charge in [-0.1, -0.05) is 217 Å². The smallest absolute Gasteiger partial charge is 0.249 e. The summed E-state index contributed by atoms with van der Waals surface area (Å²) in [4.78, 5) is 0. The Hall–Kier alpha value is -5.45. The number of benzene rings is 8. The van der Waals surface area contributed by atoms with E-state index in [-0.39, 0.29) is 0 Å². The molecule has 66 heavy (non-hydrogen) atoms. The molecule has 0 radical (unpaired) electrons. The van der Waals surface area contributed by atoms with Crippen LogP contribution >= 0.6 is 0 Å². The first kappa shape index (κ1) is 48.5. The average molecular weight is 934 g/mol. The standard InChI is InChI=1S/C40H38OSi2.C20H30OSi2/c1-33-23-27-39(28-24-33)42(37-19-11-5-12-20-37,31-35-15-7-3-8-16-35)41-43(38-21-13-6-14-22-38,32-36-17-9-4-10-18-36)40-29-25-34(2)26-30-40;1-15-9-11-19(13-17(15)3)22(5,6)21-23(7,8)20-12-10-16(2)18(4)14-20/h3-30H,31-32H2,1-2H3;9-14H,1-8H3. The first-order valence-corrected chi connectivity index (χ1v) is 33.5. The minimum absolute atomic E-state index is 0.850. The quantitative estimate of drug-likeness (QED) is 0.101. The van der Waals surface area contributed by atoms with Gasteiger partial charge in [0, 0.05) is 0 Å². The number of hydrogen-bond acceptors (Lipinski definition) is 2. The predicted molar refractivity (Wildman–Crippen MR) is 294 cm³/mol. The van der Waals surface area contributed by atoms with E-state index in [4.69, 9.17) is 8.23 Å². The van der Waals surface area contributed by atoms with Crippen LogP contribution in [0, 0.1) is 41.5 Å². The van der Waals surface area contributed by atoms with Crippen molar-refractivity contribution >= 4 is 64.4 Å². The zero-order valence-electron chi connectivity index (χ0n) is 40.9. The Morgan fingerprint density at radius 3 is 0.894 bits per heavy atom. The Bertz CT molecular complexity index is 2600. The van der Waals surface area contributed by atoms with E-state index in [0.717, 1.165) is 12.1 Å². The lowest BCUT2D eigenvalue weighted by Gasteiger charge is -2.44. The second kappa shape index (κ2) is 21.0. The third kappa shape index (κ3) is 11.4. The van der Waals surface area contributed by atoms with Gasteiger partial charge in [0.25, 0.3) is 0 Å². The maximum atomic E-state index is 8.34. The summed E-state index contributed by atoms with van der Waals surface area (Å²) >= 11 is 0. The Balaban J connectivity index is 0.000000238. The summed E-state index contributed by atoms with van der Waals surface area (Å²) in [5.74, 6) is 0. The molecule has 0 aromatic heterocycles. The van der Waals surface area contributed by atoms with Crippen LogP contribution in [0.25, 0.3) is 0 Å². The number of aryl methyl sites for hydroxylation is 6. The molecule has 0 saturated heterocycles. The van der Waals surface area contributed by atoms with Gasteiger partial charge < -0.3 is 8.23 Å². The maximum Gasteiger partial charge on any atom is 0.249 e. The Morgan fingerprint density at radius 2 is 0.576 bits per heavy atom. The third-order valence-corrected chi connectivity index (χ3v) is 30.5. The highest BCUT2D eigenvalue weighted by Crippen LogP contribution is 2.25. The monoisotopic (exact) mass is 932 g/mol. The molecule has 8 aromatic rings. The van der Waals surface area contributed by atoms with E-state index in [1.54, 1.807) is 0 Å². The average Bonchev–Trinajstić information content (AvgIpc) is 3.32. The number of rotatable bonds is 14. The highest BCUT2D eigenvalue weighted by Gasteiger charge is 2.50. The Kier molecular flexibility index (Phi) is 15.4. The fourth-order valence-corrected chi connectivity index (χ4v) is 28.1. The van der Waals surface area contributed by atoms with E-state index in [0.29, 0.717) is 0 Å². The summed E-state index contributed by atoms with van der Waals surface area (Å²) < 4.78 is 15.2. The van der Waals surface area contributed by atoms with Crippen LogP contribution in [0.3, 0.4) is 0 Å². The molecule has 8 rings (SSSR count). The van der Waals surface area contributed by atoms with Gasteiger partial charge in [-0.25, -0.2) is 0 Å². The lowest BCUT2D eigenvalue weighted by Crippen LogP contribution is -2.75. The van der Waals surface area contributed by atoms with Gasteiger partial charge in [-0.15, -0.1) is 0 Å². The topological polar surface area (TPSA) is 18.5 Å². The highest BCUT2D eigenvalue weighted by atomic mass is 28.4. The molecule has 0 heterocycles. The molecule has 0 spiro atoms. The molecular weight excluding hydrogens is 865 g/mol. The zero-order valence-corrected chi connectivity index (χ0v) is 44.9. The van der Waals surface area contributed by atoms with Gasteiger partial charge >= 0.3 is 0 Å². The van der Waals surface area contributed by atoms with Crippen molar-refractivity contribution in [2.45, 2.75) is 79.8 Å². The minimum atomic E-state index is -2.92. The zero-order chi connectivity index (χ0) is 47.0. The molecule has 8 aromatic carbocycles. The van der Waals surface area contributed by atoms with Crippen LogP contribution in [0.1, 0.15) is 44.5 Å². The maximum absolute atomic E-state index is 8.34. The molecule has 0 amide bonds. The van der Waals surface area contributed by atoms with Crippen LogP contribution in [0.5, 0.6) is 0 Å². The molecule has 6 heteroatoms.